The highest BCUT2D eigenvalue weighted by Crippen LogP contribution is 1.83. The first-order chi connectivity index (χ1) is 3.80. The van der Waals surface area contributed by atoms with Crippen LogP contribution in [0.4, 0.5) is 4.79 Å². The summed E-state index contributed by atoms with van der Waals surface area (Å²) in [5, 5.41) is 1.01. The van der Waals surface area contributed by atoms with Crippen molar-refractivity contribution in [2.24, 2.45) is 4.99 Å². The predicted molar refractivity (Wildman–Crippen MR) is 26.8 cm³/mol. The van der Waals surface area contributed by atoms with E-state index in [9.17, 15) is 4.79 Å². The summed E-state index contributed by atoms with van der Waals surface area (Å²) in [4.78, 5) is 13.7. The van der Waals surface area contributed by atoms with Crippen molar-refractivity contribution in [1.29, 1.82) is 0 Å². The Kier molecular flexibility index (Phi) is 1.13. The van der Waals surface area contributed by atoms with Crippen molar-refractivity contribution in [3.05, 3.63) is 0 Å². The van der Waals surface area contributed by atoms with Gasteiger partial charge in [0.15, 0.2) is 0 Å². The summed E-state index contributed by atoms with van der Waals surface area (Å²) in [6.45, 7) is 0.393. The first-order valence-electron chi connectivity index (χ1n) is 2.09. The Morgan fingerprint density at radius 2 is 2.75 bits per heavy atom. The van der Waals surface area contributed by atoms with E-state index in [1.54, 1.807) is 0 Å². The number of nitrogens with one attached hydrogen (secondary N) is 2. The van der Waals surface area contributed by atoms with Crippen LogP contribution in [0.2, 0.25) is 0 Å². The molecule has 1 aliphatic heterocycles. The maximum Gasteiger partial charge on any atom is 0.356 e. The molecule has 0 aromatic rings. The Bertz CT molecular complexity index is 131. The van der Waals surface area contributed by atoms with E-state index in [1.807, 2.05) is 0 Å². The second-order valence-electron chi connectivity index (χ2n) is 1.29. The van der Waals surface area contributed by atoms with Gasteiger partial charge < -0.3 is 0 Å². The maximum absolute atomic E-state index is 10.1. The molecule has 0 bridgehead atoms. The Morgan fingerprint density at radius 3 is 3.00 bits per heavy atom. The van der Waals surface area contributed by atoms with E-state index < -0.39 is 6.03 Å². The van der Waals surface area contributed by atoms with E-state index in [-0.39, 0.29) is 0 Å². The van der Waals surface area contributed by atoms with Crippen molar-refractivity contribution >= 4 is 12.4 Å². The summed E-state index contributed by atoms with van der Waals surface area (Å²) >= 11 is 0. The standard InChI is InChI=1S/C3H5N4O/c4-3(8)7-2-5-1-6-7/h2,4,6H,1H2. The van der Waals surface area contributed by atoms with Crippen LogP contribution in [0.1, 0.15) is 0 Å². The van der Waals surface area contributed by atoms with E-state index in [4.69, 9.17) is 5.73 Å². The summed E-state index contributed by atoms with van der Waals surface area (Å²) in [7, 11) is 0. The molecule has 0 aliphatic carbocycles. The van der Waals surface area contributed by atoms with Gasteiger partial charge in [-0.05, 0) is 0 Å². The number of nitrogens with zero attached hydrogens (tertiary/aromatic N) is 2. The molecule has 5 nitrogen and oxygen atoms in total. The summed E-state index contributed by atoms with van der Waals surface area (Å²) in [6.07, 6.45) is 1.29. The molecule has 5 heteroatoms. The lowest BCUT2D eigenvalue weighted by atomic mass is 11.0. The Hall–Kier alpha value is -1.10. The topological polar surface area (TPSA) is 68.5 Å². The normalized spacial score (nSPS) is 17.2. The summed E-state index contributed by atoms with van der Waals surface area (Å²) < 4.78 is 0. The summed E-state index contributed by atoms with van der Waals surface area (Å²) in [5.74, 6) is 0. The number of rotatable bonds is 0. The SMILES string of the molecule is [NH]C(=O)N1C=NCN1. The molecule has 0 spiro atoms. The van der Waals surface area contributed by atoms with Gasteiger partial charge in [0.25, 0.3) is 0 Å². The monoisotopic (exact) mass is 113 g/mol. The van der Waals surface area contributed by atoms with Gasteiger partial charge in [-0.25, -0.2) is 21.0 Å². The van der Waals surface area contributed by atoms with Gasteiger partial charge in [0.05, 0.1) is 0 Å². The van der Waals surface area contributed by atoms with Gasteiger partial charge in [0.1, 0.15) is 13.0 Å². The molecule has 0 unspecified atom stereocenters. The van der Waals surface area contributed by atoms with Gasteiger partial charge in [0, 0.05) is 0 Å². The van der Waals surface area contributed by atoms with E-state index in [2.05, 4.69) is 10.4 Å². The smallest absolute Gasteiger partial charge is 0.257 e. The zero-order valence-corrected chi connectivity index (χ0v) is 4.09. The molecule has 8 heavy (non-hydrogen) atoms. The van der Waals surface area contributed by atoms with Crippen molar-refractivity contribution in [2.75, 3.05) is 6.67 Å². The molecule has 0 aromatic heterocycles. The molecule has 0 atom stereocenters. The number of carbonyl (C=O) groups excluding carboxylic acids is 1. The molecule has 0 fully saturated rings. The van der Waals surface area contributed by atoms with Crippen LogP contribution in [0.3, 0.4) is 0 Å². The van der Waals surface area contributed by atoms with Crippen LogP contribution in [0.25, 0.3) is 0 Å². The van der Waals surface area contributed by atoms with Crippen molar-refractivity contribution in [3.8, 4) is 0 Å². The fourth-order valence-electron chi connectivity index (χ4n) is 0.405. The molecule has 2 amide bonds. The summed E-state index contributed by atoms with van der Waals surface area (Å²) in [6, 6.07) is -0.786. The van der Waals surface area contributed by atoms with Gasteiger partial charge in [0.2, 0.25) is 0 Å². The average molecular weight is 113 g/mol. The quantitative estimate of drug-likeness (QED) is 0.446. The molecule has 1 aliphatic rings. The van der Waals surface area contributed by atoms with Crippen molar-refractivity contribution in [2.45, 2.75) is 0 Å². The first kappa shape index (κ1) is 5.04. The van der Waals surface area contributed by atoms with Crippen molar-refractivity contribution in [3.63, 3.8) is 0 Å². The predicted octanol–water partition coefficient (Wildman–Crippen LogP) is -0.805. The third-order valence-electron chi connectivity index (χ3n) is 0.748. The summed E-state index contributed by atoms with van der Waals surface area (Å²) in [5.41, 5.74) is 9.04. The Labute approximate surface area is 46.1 Å². The van der Waals surface area contributed by atoms with E-state index in [0.717, 1.165) is 5.01 Å². The number of amides is 2. The third kappa shape index (κ3) is 0.760. The Balaban J connectivity index is 2.48. The zero-order valence-electron chi connectivity index (χ0n) is 4.09. The van der Waals surface area contributed by atoms with Crippen molar-refractivity contribution < 1.29 is 4.79 Å². The molecule has 0 saturated carbocycles. The lowest BCUT2D eigenvalue weighted by Crippen LogP contribution is -2.36. The number of aliphatic imine (C=N–C) groups is 1. The van der Waals surface area contributed by atoms with E-state index >= 15 is 0 Å². The number of hydrogen-bond donors (Lipinski definition) is 1. The molecule has 1 heterocycles. The second-order valence-corrected chi connectivity index (χ2v) is 1.29. The largest absolute Gasteiger partial charge is 0.356 e. The first-order valence-corrected chi connectivity index (χ1v) is 2.09. The number of hydrogen-bond acceptors (Lipinski definition) is 3. The van der Waals surface area contributed by atoms with Gasteiger partial charge >= 0.3 is 6.03 Å². The molecule has 1 radical (unpaired) electrons. The van der Waals surface area contributed by atoms with Gasteiger partial charge in [-0.2, -0.15) is 0 Å². The van der Waals surface area contributed by atoms with Gasteiger partial charge in [-0.1, -0.05) is 0 Å². The minimum Gasteiger partial charge on any atom is -0.257 e. The maximum atomic E-state index is 10.1. The lowest BCUT2D eigenvalue weighted by Gasteiger charge is -2.04. The van der Waals surface area contributed by atoms with E-state index in [1.165, 1.54) is 6.34 Å². The van der Waals surface area contributed by atoms with Crippen LogP contribution in [-0.4, -0.2) is 24.0 Å². The highest BCUT2D eigenvalue weighted by molar-refractivity contribution is 5.84. The number of hydrazine groups is 1. The molecular weight excluding hydrogens is 108 g/mol. The molecule has 43 valence electrons. The number of urea groups is 1. The van der Waals surface area contributed by atoms with E-state index in [0.29, 0.717) is 6.67 Å². The molecule has 1 rings (SSSR count). The van der Waals surface area contributed by atoms with Crippen LogP contribution in [0.5, 0.6) is 0 Å². The van der Waals surface area contributed by atoms with Crippen LogP contribution >= 0.6 is 0 Å². The minimum absolute atomic E-state index is 0.393. The fraction of sp³-hybridized carbons (Fsp3) is 0.333. The molecule has 0 aromatic carbocycles. The van der Waals surface area contributed by atoms with Gasteiger partial charge in [-0.3, -0.25) is 4.99 Å². The molecule has 0 saturated heterocycles. The van der Waals surface area contributed by atoms with Crippen LogP contribution in [0.15, 0.2) is 4.99 Å². The minimum atomic E-state index is -0.786. The lowest BCUT2D eigenvalue weighted by molar-refractivity contribution is 0.220. The highest BCUT2D eigenvalue weighted by Gasteiger charge is 2.08. The van der Waals surface area contributed by atoms with Crippen LogP contribution < -0.4 is 11.2 Å². The zero-order chi connectivity index (χ0) is 5.98. The molecular formula is C3H5N4O. The van der Waals surface area contributed by atoms with Gasteiger partial charge in [-0.15, -0.1) is 0 Å². The van der Waals surface area contributed by atoms with Crippen LogP contribution in [-0.2, 0) is 0 Å². The Morgan fingerprint density at radius 1 is 2.00 bits per heavy atom. The number of carbonyl (C=O) groups is 1. The fourth-order valence-corrected chi connectivity index (χ4v) is 0.405. The van der Waals surface area contributed by atoms with Crippen LogP contribution in [0, 0.1) is 0 Å². The molecule has 2 N–H and O–H groups in total. The highest BCUT2D eigenvalue weighted by atomic mass is 16.2. The average Bonchev–Trinajstić information content (AvgIpc) is 2.12. The van der Waals surface area contributed by atoms with Crippen molar-refractivity contribution in [1.82, 2.24) is 16.2 Å². The second kappa shape index (κ2) is 1.79. The third-order valence-corrected chi connectivity index (χ3v) is 0.748.